The summed E-state index contributed by atoms with van der Waals surface area (Å²) in [7, 11) is 0. The summed E-state index contributed by atoms with van der Waals surface area (Å²) in [4.78, 5) is 27.8. The van der Waals surface area contributed by atoms with Gasteiger partial charge in [-0.1, -0.05) is 25.1 Å². The number of para-hydroxylation sites is 1. The van der Waals surface area contributed by atoms with E-state index in [1.807, 2.05) is 19.1 Å². The third-order valence-corrected chi connectivity index (χ3v) is 6.72. The topological polar surface area (TPSA) is 111 Å². The predicted octanol–water partition coefficient (Wildman–Crippen LogP) is 6.15. The van der Waals surface area contributed by atoms with E-state index in [0.29, 0.717) is 40.0 Å². The van der Waals surface area contributed by atoms with Crippen molar-refractivity contribution in [1.29, 1.82) is 0 Å². The van der Waals surface area contributed by atoms with Crippen LogP contribution in [0.4, 0.5) is 5.69 Å². The number of furan rings is 1. The van der Waals surface area contributed by atoms with Gasteiger partial charge in [0.1, 0.15) is 11.4 Å². The minimum Gasteiger partial charge on any atom is -0.477 e. The van der Waals surface area contributed by atoms with Gasteiger partial charge < -0.3 is 14.1 Å². The first-order chi connectivity index (χ1) is 15.9. The van der Waals surface area contributed by atoms with E-state index in [4.69, 9.17) is 4.42 Å². The van der Waals surface area contributed by atoms with Gasteiger partial charge in [-0.05, 0) is 52.5 Å². The Kier molecular flexibility index (Phi) is 5.28. The number of nitro benzene ring substituents is 1. The first kappa shape index (κ1) is 21.4. The highest BCUT2D eigenvalue weighted by Gasteiger charge is 2.34. The average molecular weight is 510 g/mol. The monoisotopic (exact) mass is 509 g/mol. The molecule has 2 aromatic heterocycles. The molecule has 0 amide bonds. The van der Waals surface area contributed by atoms with Crippen LogP contribution in [-0.2, 0) is 13.0 Å². The fraction of sp³-hybridized carbons (Fsp3) is 0.250. The zero-order valence-electron chi connectivity index (χ0n) is 17.7. The molecule has 0 aliphatic heterocycles. The van der Waals surface area contributed by atoms with Gasteiger partial charge in [-0.2, -0.15) is 0 Å². The van der Waals surface area contributed by atoms with Crippen molar-refractivity contribution < 1.29 is 19.2 Å². The molecular weight excluding hydrogens is 490 g/mol. The number of nitro groups is 1. The molecule has 1 N–H and O–H groups in total. The summed E-state index contributed by atoms with van der Waals surface area (Å²) in [5, 5.41) is 22.1. The summed E-state index contributed by atoms with van der Waals surface area (Å²) in [5.41, 5.74) is 2.76. The highest BCUT2D eigenvalue weighted by molar-refractivity contribution is 9.10. The molecule has 1 aliphatic rings. The van der Waals surface area contributed by atoms with Crippen molar-refractivity contribution in [3.05, 3.63) is 79.8 Å². The summed E-state index contributed by atoms with van der Waals surface area (Å²) < 4.78 is 8.37. The molecular formula is C24H20BrN3O5. The molecule has 2 aromatic carbocycles. The Bertz CT molecular complexity index is 1420. The Labute approximate surface area is 197 Å². The van der Waals surface area contributed by atoms with Crippen molar-refractivity contribution in [3.63, 3.8) is 0 Å². The number of rotatable bonds is 7. The zero-order valence-corrected chi connectivity index (χ0v) is 19.3. The number of carboxylic acid groups (broad SMARTS) is 1. The second-order valence-corrected chi connectivity index (χ2v) is 8.92. The highest BCUT2D eigenvalue weighted by Crippen LogP contribution is 2.43. The number of benzene rings is 2. The van der Waals surface area contributed by atoms with Crippen molar-refractivity contribution in [2.45, 2.75) is 38.6 Å². The number of imidazole rings is 1. The zero-order chi connectivity index (χ0) is 23.3. The fourth-order valence-corrected chi connectivity index (χ4v) is 4.82. The first-order valence-corrected chi connectivity index (χ1v) is 11.5. The number of aromatic carboxylic acids is 1. The summed E-state index contributed by atoms with van der Waals surface area (Å²) in [6.07, 6.45) is 2.58. The number of aryl methyl sites for hydroxylation is 1. The van der Waals surface area contributed by atoms with Crippen LogP contribution < -0.4 is 0 Å². The average Bonchev–Trinajstić information content (AvgIpc) is 3.51. The van der Waals surface area contributed by atoms with Gasteiger partial charge >= 0.3 is 5.97 Å². The Morgan fingerprint density at radius 1 is 1.30 bits per heavy atom. The molecule has 1 fully saturated rings. The maximum absolute atomic E-state index is 12.1. The summed E-state index contributed by atoms with van der Waals surface area (Å²) in [6, 6.07) is 12.0. The Morgan fingerprint density at radius 3 is 2.73 bits per heavy atom. The van der Waals surface area contributed by atoms with Crippen molar-refractivity contribution in [3.8, 4) is 11.3 Å². The largest absolute Gasteiger partial charge is 0.477 e. The normalized spacial score (nSPS) is 13.5. The Morgan fingerprint density at radius 2 is 2.06 bits per heavy atom. The van der Waals surface area contributed by atoms with Gasteiger partial charge in [-0.25, -0.2) is 9.78 Å². The molecule has 8 nitrogen and oxygen atoms in total. The van der Waals surface area contributed by atoms with E-state index in [1.54, 1.807) is 28.8 Å². The number of aromatic nitrogens is 2. The van der Waals surface area contributed by atoms with Gasteiger partial charge in [0.05, 0.1) is 20.7 Å². The van der Waals surface area contributed by atoms with Crippen LogP contribution in [0.5, 0.6) is 0 Å². The molecule has 33 heavy (non-hydrogen) atoms. The van der Waals surface area contributed by atoms with Crippen LogP contribution in [-0.4, -0.2) is 25.6 Å². The van der Waals surface area contributed by atoms with Crippen LogP contribution in [0.3, 0.4) is 0 Å². The smallest absolute Gasteiger partial charge is 0.354 e. The van der Waals surface area contributed by atoms with Crippen molar-refractivity contribution >= 4 is 38.6 Å². The Balaban J connectivity index is 1.58. The molecule has 2 heterocycles. The van der Waals surface area contributed by atoms with Gasteiger partial charge in [0.15, 0.2) is 11.5 Å². The Hall–Kier alpha value is -3.46. The van der Waals surface area contributed by atoms with E-state index in [9.17, 15) is 20.0 Å². The summed E-state index contributed by atoms with van der Waals surface area (Å²) >= 11 is 3.56. The number of carbonyl (C=O) groups is 1. The van der Waals surface area contributed by atoms with Crippen molar-refractivity contribution in [2.24, 2.45) is 0 Å². The number of nitrogens with zero attached hydrogens (tertiary/aromatic N) is 3. The lowest BCUT2D eigenvalue weighted by atomic mass is 10.1. The molecule has 0 saturated heterocycles. The van der Waals surface area contributed by atoms with Gasteiger partial charge in [0.25, 0.3) is 5.69 Å². The molecule has 1 saturated carbocycles. The fourth-order valence-electron chi connectivity index (χ4n) is 4.22. The molecule has 4 aromatic rings. The standard InChI is InChI=1S/C24H20BrN3O5/c1-2-19-26-21(14-8-9-14)22(24(29)30)27(19)12-13-7-10-18-16(11-13)20(25)23(33-18)15-5-3-4-6-17(15)28(31)32/h3-7,10-11,14H,2,8-9,12H2,1H3,(H,29,30). The molecule has 9 heteroatoms. The number of hydrogen-bond acceptors (Lipinski definition) is 5. The summed E-state index contributed by atoms with van der Waals surface area (Å²) in [6.45, 7) is 2.33. The van der Waals surface area contributed by atoms with E-state index in [1.165, 1.54) is 6.07 Å². The van der Waals surface area contributed by atoms with E-state index >= 15 is 0 Å². The molecule has 168 valence electrons. The molecule has 0 spiro atoms. The van der Waals surface area contributed by atoms with E-state index in [2.05, 4.69) is 20.9 Å². The van der Waals surface area contributed by atoms with Crippen molar-refractivity contribution in [1.82, 2.24) is 9.55 Å². The third kappa shape index (κ3) is 3.72. The molecule has 5 rings (SSSR count). The number of fused-ring (bicyclic) bond motifs is 1. The minimum atomic E-state index is -0.964. The predicted molar refractivity (Wildman–Crippen MR) is 126 cm³/mol. The molecule has 0 radical (unpaired) electrons. The molecule has 0 bridgehead atoms. The van der Waals surface area contributed by atoms with Crippen LogP contribution in [0.2, 0.25) is 0 Å². The first-order valence-electron chi connectivity index (χ1n) is 10.7. The second-order valence-electron chi connectivity index (χ2n) is 8.13. The maximum Gasteiger partial charge on any atom is 0.354 e. The second kappa shape index (κ2) is 8.15. The van der Waals surface area contributed by atoms with Crippen LogP contribution in [0.1, 0.15) is 53.3 Å². The highest BCUT2D eigenvalue weighted by atomic mass is 79.9. The molecule has 1 aliphatic carbocycles. The number of hydrogen-bond donors (Lipinski definition) is 1. The number of halogens is 1. The van der Waals surface area contributed by atoms with E-state index in [0.717, 1.165) is 29.6 Å². The lowest BCUT2D eigenvalue weighted by Gasteiger charge is -2.10. The van der Waals surface area contributed by atoms with Gasteiger partial charge in [-0.3, -0.25) is 10.1 Å². The lowest BCUT2D eigenvalue weighted by Crippen LogP contribution is -2.13. The van der Waals surface area contributed by atoms with Gasteiger partial charge in [0.2, 0.25) is 0 Å². The molecule has 0 atom stereocenters. The summed E-state index contributed by atoms with van der Waals surface area (Å²) in [5.74, 6) is 0.403. The maximum atomic E-state index is 12.1. The quantitative estimate of drug-likeness (QED) is 0.236. The van der Waals surface area contributed by atoms with Crippen LogP contribution in [0.15, 0.2) is 51.4 Å². The third-order valence-electron chi connectivity index (χ3n) is 5.93. The lowest BCUT2D eigenvalue weighted by molar-refractivity contribution is -0.384. The van der Waals surface area contributed by atoms with Crippen molar-refractivity contribution in [2.75, 3.05) is 0 Å². The SMILES string of the molecule is CCc1nc(C2CC2)c(C(=O)O)n1Cc1ccc2oc(-c3ccccc3[N+](=O)[O-])c(Br)c2c1. The van der Waals surface area contributed by atoms with Crippen LogP contribution >= 0.6 is 15.9 Å². The van der Waals surface area contributed by atoms with Crippen LogP contribution in [0, 0.1) is 10.1 Å². The minimum absolute atomic E-state index is 0.0396. The van der Waals surface area contributed by atoms with Crippen LogP contribution in [0.25, 0.3) is 22.3 Å². The van der Waals surface area contributed by atoms with Gasteiger partial charge in [0, 0.05) is 30.3 Å². The van der Waals surface area contributed by atoms with E-state index in [-0.39, 0.29) is 17.3 Å². The molecule has 0 unspecified atom stereocenters. The van der Waals surface area contributed by atoms with Gasteiger partial charge in [-0.15, -0.1) is 0 Å². The van der Waals surface area contributed by atoms with E-state index < -0.39 is 10.9 Å². The number of carboxylic acids is 1.